The zero-order valence-corrected chi connectivity index (χ0v) is 15.0. The van der Waals surface area contributed by atoms with Crippen LogP contribution in [0.3, 0.4) is 0 Å². The van der Waals surface area contributed by atoms with Gasteiger partial charge in [0.1, 0.15) is 0 Å². The van der Waals surface area contributed by atoms with Gasteiger partial charge in [0.05, 0.1) is 0 Å². The molecule has 2 N–H and O–H groups in total. The highest BCUT2D eigenvalue weighted by Gasteiger charge is 2.25. The summed E-state index contributed by atoms with van der Waals surface area (Å²) in [5.41, 5.74) is 0.420. The lowest BCUT2D eigenvalue weighted by molar-refractivity contribution is -0.137. The van der Waals surface area contributed by atoms with Crippen molar-refractivity contribution >= 4 is 41.1 Å². The van der Waals surface area contributed by atoms with E-state index in [4.69, 9.17) is 28.3 Å². The standard InChI is InChI=1S/C16H19Cl2N3O4/c17-12-8-11(9-13(18)10-12)15(24)20-4-6-21(7-5-20)16(25)19-3-1-2-14(22)23/h8-10H,1-7H2,(H,19,25)(H,22,23). The predicted octanol–water partition coefficient (Wildman–Crippen LogP) is 2.33. The molecule has 0 saturated carbocycles. The average molecular weight is 388 g/mol. The van der Waals surface area contributed by atoms with Crippen LogP contribution in [0.4, 0.5) is 4.79 Å². The lowest BCUT2D eigenvalue weighted by atomic mass is 10.2. The highest BCUT2D eigenvalue weighted by molar-refractivity contribution is 6.35. The Morgan fingerprint density at radius 2 is 1.56 bits per heavy atom. The first-order chi connectivity index (χ1) is 11.9. The number of amides is 3. The number of carboxylic acid groups (broad SMARTS) is 1. The van der Waals surface area contributed by atoms with Gasteiger partial charge in [0.25, 0.3) is 5.91 Å². The van der Waals surface area contributed by atoms with Crippen molar-refractivity contribution in [1.82, 2.24) is 15.1 Å². The van der Waals surface area contributed by atoms with E-state index in [1.165, 1.54) is 0 Å². The van der Waals surface area contributed by atoms with Crippen LogP contribution in [-0.4, -0.2) is 65.5 Å². The number of urea groups is 1. The summed E-state index contributed by atoms with van der Waals surface area (Å²) in [6, 6.07) is 4.45. The Hall–Kier alpha value is -1.99. The first kappa shape index (κ1) is 19.3. The maximum absolute atomic E-state index is 12.5. The van der Waals surface area contributed by atoms with Gasteiger partial charge in [-0.3, -0.25) is 9.59 Å². The number of hydrogen-bond donors (Lipinski definition) is 2. The summed E-state index contributed by atoms with van der Waals surface area (Å²) in [7, 11) is 0. The number of nitrogens with zero attached hydrogens (tertiary/aromatic N) is 2. The molecule has 0 atom stereocenters. The quantitative estimate of drug-likeness (QED) is 0.758. The van der Waals surface area contributed by atoms with Gasteiger partial charge in [-0.05, 0) is 24.6 Å². The Morgan fingerprint density at radius 1 is 1.00 bits per heavy atom. The molecule has 1 aromatic carbocycles. The molecule has 1 aliphatic heterocycles. The van der Waals surface area contributed by atoms with Gasteiger partial charge in [-0.15, -0.1) is 0 Å². The highest BCUT2D eigenvalue weighted by atomic mass is 35.5. The molecule has 1 aliphatic rings. The van der Waals surface area contributed by atoms with Crippen LogP contribution in [0.1, 0.15) is 23.2 Å². The fourth-order valence-corrected chi connectivity index (χ4v) is 3.05. The van der Waals surface area contributed by atoms with E-state index in [2.05, 4.69) is 5.32 Å². The Morgan fingerprint density at radius 3 is 2.12 bits per heavy atom. The van der Waals surface area contributed by atoms with Gasteiger partial charge in [-0.25, -0.2) is 4.79 Å². The van der Waals surface area contributed by atoms with Crippen molar-refractivity contribution in [1.29, 1.82) is 0 Å². The molecule has 9 heteroatoms. The predicted molar refractivity (Wildman–Crippen MR) is 94.2 cm³/mol. The van der Waals surface area contributed by atoms with Crippen molar-refractivity contribution in [3.8, 4) is 0 Å². The minimum absolute atomic E-state index is 0.0186. The van der Waals surface area contributed by atoms with Crippen LogP contribution in [0.25, 0.3) is 0 Å². The molecule has 1 saturated heterocycles. The molecule has 25 heavy (non-hydrogen) atoms. The van der Waals surface area contributed by atoms with Crippen molar-refractivity contribution in [2.24, 2.45) is 0 Å². The number of aliphatic carboxylic acids is 1. The second-order valence-corrected chi connectivity index (χ2v) is 6.54. The fraction of sp³-hybridized carbons (Fsp3) is 0.438. The van der Waals surface area contributed by atoms with Gasteiger partial charge in [-0.2, -0.15) is 0 Å². The Labute approximate surface area is 155 Å². The summed E-state index contributed by atoms with van der Waals surface area (Å²) in [5, 5.41) is 12.0. The molecule has 0 spiro atoms. The molecule has 0 unspecified atom stereocenters. The van der Waals surface area contributed by atoms with Crippen LogP contribution in [0.15, 0.2) is 18.2 Å². The fourth-order valence-electron chi connectivity index (χ4n) is 2.52. The van der Waals surface area contributed by atoms with Crippen molar-refractivity contribution in [2.45, 2.75) is 12.8 Å². The Bertz CT molecular complexity index is 641. The maximum Gasteiger partial charge on any atom is 0.317 e. The SMILES string of the molecule is O=C(O)CCCNC(=O)N1CCN(C(=O)c2cc(Cl)cc(Cl)c2)CC1. The largest absolute Gasteiger partial charge is 0.481 e. The molecule has 1 aromatic rings. The van der Waals surface area contributed by atoms with E-state index in [1.54, 1.807) is 28.0 Å². The number of nitrogens with one attached hydrogen (secondary N) is 1. The number of rotatable bonds is 5. The first-order valence-electron chi connectivity index (χ1n) is 7.87. The van der Waals surface area contributed by atoms with E-state index in [0.29, 0.717) is 54.8 Å². The second kappa shape index (κ2) is 8.92. The molecule has 1 heterocycles. The normalized spacial score (nSPS) is 14.3. The van der Waals surface area contributed by atoms with E-state index < -0.39 is 5.97 Å². The third-order valence-electron chi connectivity index (χ3n) is 3.81. The number of benzene rings is 1. The van der Waals surface area contributed by atoms with Gasteiger partial charge in [0, 0.05) is 54.8 Å². The molecule has 2 rings (SSSR count). The monoisotopic (exact) mass is 387 g/mol. The number of carbonyl (C=O) groups is 3. The maximum atomic E-state index is 12.5. The summed E-state index contributed by atoms with van der Waals surface area (Å²) >= 11 is 11.8. The molecule has 0 radical (unpaired) electrons. The van der Waals surface area contributed by atoms with Crippen molar-refractivity contribution in [2.75, 3.05) is 32.7 Å². The highest BCUT2D eigenvalue weighted by Crippen LogP contribution is 2.20. The van der Waals surface area contributed by atoms with Crippen LogP contribution >= 0.6 is 23.2 Å². The molecule has 0 aromatic heterocycles. The number of carboxylic acids is 1. The molecule has 3 amide bonds. The zero-order valence-electron chi connectivity index (χ0n) is 13.5. The number of halogens is 2. The summed E-state index contributed by atoms with van der Waals surface area (Å²) in [6.07, 6.45) is 0.403. The average Bonchev–Trinajstić information content (AvgIpc) is 2.57. The molecular weight excluding hydrogens is 369 g/mol. The van der Waals surface area contributed by atoms with Crippen LogP contribution < -0.4 is 5.32 Å². The topological polar surface area (TPSA) is 89.9 Å². The van der Waals surface area contributed by atoms with Gasteiger partial charge in [-0.1, -0.05) is 23.2 Å². The third-order valence-corrected chi connectivity index (χ3v) is 4.24. The smallest absolute Gasteiger partial charge is 0.317 e. The number of carbonyl (C=O) groups excluding carboxylic acids is 2. The van der Waals surface area contributed by atoms with Crippen LogP contribution in [0.2, 0.25) is 10.0 Å². The van der Waals surface area contributed by atoms with Gasteiger partial charge in [0.15, 0.2) is 0 Å². The second-order valence-electron chi connectivity index (χ2n) is 5.67. The third kappa shape index (κ3) is 5.79. The van der Waals surface area contributed by atoms with E-state index in [-0.39, 0.29) is 18.4 Å². The summed E-state index contributed by atoms with van der Waals surface area (Å²) in [6.45, 7) is 1.94. The van der Waals surface area contributed by atoms with E-state index in [9.17, 15) is 14.4 Å². The van der Waals surface area contributed by atoms with Gasteiger partial charge < -0.3 is 20.2 Å². The van der Waals surface area contributed by atoms with E-state index in [1.807, 2.05) is 0 Å². The zero-order chi connectivity index (χ0) is 18.4. The van der Waals surface area contributed by atoms with Gasteiger partial charge in [0.2, 0.25) is 0 Å². The molecule has 136 valence electrons. The molecule has 7 nitrogen and oxygen atoms in total. The molecular formula is C16H19Cl2N3O4. The van der Waals surface area contributed by atoms with Crippen molar-refractivity contribution in [3.05, 3.63) is 33.8 Å². The summed E-state index contributed by atoms with van der Waals surface area (Å²) in [4.78, 5) is 38.2. The van der Waals surface area contributed by atoms with Gasteiger partial charge >= 0.3 is 12.0 Å². The Kier molecular flexibility index (Phi) is 6.90. The van der Waals surface area contributed by atoms with Crippen LogP contribution in [0.5, 0.6) is 0 Å². The van der Waals surface area contributed by atoms with Crippen molar-refractivity contribution in [3.63, 3.8) is 0 Å². The minimum atomic E-state index is -0.887. The molecule has 0 aliphatic carbocycles. The lowest BCUT2D eigenvalue weighted by Crippen LogP contribution is -2.53. The van der Waals surface area contributed by atoms with Crippen LogP contribution in [0, 0.1) is 0 Å². The summed E-state index contributed by atoms with van der Waals surface area (Å²) in [5.74, 6) is -1.06. The first-order valence-corrected chi connectivity index (χ1v) is 8.62. The molecule has 1 fully saturated rings. The molecule has 0 bridgehead atoms. The lowest BCUT2D eigenvalue weighted by Gasteiger charge is -2.34. The van der Waals surface area contributed by atoms with Crippen molar-refractivity contribution < 1.29 is 19.5 Å². The van der Waals surface area contributed by atoms with E-state index >= 15 is 0 Å². The summed E-state index contributed by atoms with van der Waals surface area (Å²) < 4.78 is 0. The van der Waals surface area contributed by atoms with Crippen LogP contribution in [-0.2, 0) is 4.79 Å². The minimum Gasteiger partial charge on any atom is -0.481 e. The van der Waals surface area contributed by atoms with E-state index in [0.717, 1.165) is 0 Å². The number of hydrogen-bond acceptors (Lipinski definition) is 3. The Balaban J connectivity index is 1.81. The number of piperazine rings is 1.